The molecule has 3 saturated heterocycles. The van der Waals surface area contributed by atoms with E-state index in [1.54, 1.807) is 4.90 Å². The van der Waals surface area contributed by atoms with Crippen LogP contribution in [0.3, 0.4) is 0 Å². The first-order chi connectivity index (χ1) is 17.7. The molecule has 0 N–H and O–H groups in total. The first kappa shape index (κ1) is 26.2. The van der Waals surface area contributed by atoms with Crippen LogP contribution in [0.5, 0.6) is 5.75 Å². The predicted molar refractivity (Wildman–Crippen MR) is 142 cm³/mol. The van der Waals surface area contributed by atoms with Crippen molar-refractivity contribution in [1.82, 2.24) is 4.90 Å². The molecule has 5 rings (SSSR count). The van der Waals surface area contributed by atoms with E-state index in [4.69, 9.17) is 9.47 Å². The Labute approximate surface area is 215 Å². The molecule has 3 fully saturated rings. The third kappa shape index (κ3) is 7.82. The summed E-state index contributed by atoms with van der Waals surface area (Å²) < 4.78 is 12.1. The molecule has 2 bridgehead atoms. The van der Waals surface area contributed by atoms with Gasteiger partial charge >= 0.3 is 6.09 Å². The summed E-state index contributed by atoms with van der Waals surface area (Å²) in [6.07, 6.45) is 10.2. The number of anilines is 1. The van der Waals surface area contributed by atoms with Crippen molar-refractivity contribution in [2.24, 2.45) is 5.92 Å². The highest BCUT2D eigenvalue weighted by Crippen LogP contribution is 2.31. The Hall–Kier alpha value is -2.86. The maximum Gasteiger partial charge on any atom is 0.414 e. The monoisotopic (exact) mass is 492 g/mol. The van der Waals surface area contributed by atoms with Crippen molar-refractivity contribution in [3.8, 4) is 5.75 Å². The number of para-hydroxylation sites is 1. The Balaban J connectivity index is 1.30. The van der Waals surface area contributed by atoms with Gasteiger partial charge in [-0.2, -0.15) is 0 Å². The van der Waals surface area contributed by atoms with Crippen LogP contribution in [0.1, 0.15) is 63.4 Å². The van der Waals surface area contributed by atoms with Crippen molar-refractivity contribution in [1.29, 1.82) is 0 Å². The molecule has 3 aliphatic rings. The summed E-state index contributed by atoms with van der Waals surface area (Å²) in [6, 6.07) is 17.8. The van der Waals surface area contributed by atoms with Crippen molar-refractivity contribution >= 4 is 18.1 Å². The van der Waals surface area contributed by atoms with Crippen molar-refractivity contribution in [2.45, 2.75) is 70.4 Å². The number of unbranched alkanes of at least 4 members (excludes halogenated alkanes) is 6. The Kier molecular flexibility index (Phi) is 10.2. The fourth-order valence-electron chi connectivity index (χ4n) is 5.25. The number of rotatable bonds is 14. The van der Waals surface area contributed by atoms with E-state index < -0.39 is 0 Å². The van der Waals surface area contributed by atoms with E-state index in [0.29, 0.717) is 25.5 Å². The highest BCUT2D eigenvalue weighted by Gasteiger charge is 2.37. The molecule has 194 valence electrons. The fraction of sp³-hybridized carbons (Fsp3) is 0.533. The number of carbonyl (C=O) groups excluding carboxylic acids is 2. The highest BCUT2D eigenvalue weighted by molar-refractivity contribution is 5.87. The Bertz CT molecular complexity index is 943. The molecule has 0 saturated carbocycles. The van der Waals surface area contributed by atoms with Gasteiger partial charge in [0.05, 0.1) is 13.2 Å². The van der Waals surface area contributed by atoms with Gasteiger partial charge in [-0.15, -0.1) is 0 Å². The molecule has 2 aromatic carbocycles. The molecular weight excluding hydrogens is 452 g/mol. The van der Waals surface area contributed by atoms with Crippen LogP contribution >= 0.6 is 0 Å². The van der Waals surface area contributed by atoms with Crippen molar-refractivity contribution < 1.29 is 19.1 Å². The lowest BCUT2D eigenvalue weighted by molar-refractivity contribution is -0.107. The summed E-state index contributed by atoms with van der Waals surface area (Å²) in [4.78, 5) is 27.9. The van der Waals surface area contributed by atoms with Crippen LogP contribution in [-0.2, 0) is 16.1 Å². The Morgan fingerprint density at radius 3 is 2.42 bits per heavy atom. The molecule has 3 heterocycles. The number of hydrogen-bond donors (Lipinski definition) is 0. The predicted octanol–water partition coefficient (Wildman–Crippen LogP) is 6.23. The highest BCUT2D eigenvalue weighted by atomic mass is 16.6. The number of carbonyl (C=O) groups is 2. The van der Waals surface area contributed by atoms with Gasteiger partial charge in [0.25, 0.3) is 0 Å². The number of amides is 1. The summed E-state index contributed by atoms with van der Waals surface area (Å²) in [6.45, 7) is 4.20. The Morgan fingerprint density at radius 2 is 1.69 bits per heavy atom. The van der Waals surface area contributed by atoms with Crippen LogP contribution in [-0.4, -0.2) is 49.6 Å². The van der Waals surface area contributed by atoms with E-state index >= 15 is 0 Å². The molecule has 6 heteroatoms. The van der Waals surface area contributed by atoms with Crippen molar-refractivity contribution in [2.75, 3.05) is 31.1 Å². The zero-order chi connectivity index (χ0) is 25.0. The van der Waals surface area contributed by atoms with Crippen LogP contribution in [0.4, 0.5) is 10.5 Å². The number of hydrogen-bond acceptors (Lipinski definition) is 5. The zero-order valence-electron chi connectivity index (χ0n) is 21.4. The van der Waals surface area contributed by atoms with Gasteiger partial charge in [-0.25, -0.2) is 4.79 Å². The lowest BCUT2D eigenvalue weighted by Crippen LogP contribution is -2.53. The molecule has 1 atom stereocenters. The molecule has 36 heavy (non-hydrogen) atoms. The summed E-state index contributed by atoms with van der Waals surface area (Å²) in [5, 5.41) is 0. The molecule has 0 radical (unpaired) electrons. The second-order valence-corrected chi connectivity index (χ2v) is 10.1. The first-order valence-electron chi connectivity index (χ1n) is 13.6. The molecular formula is C30H40N2O4. The molecule has 2 aromatic rings. The van der Waals surface area contributed by atoms with Gasteiger partial charge in [-0.05, 0) is 74.5 Å². The standard InChI is InChI=1S/C30H40N2O4/c33-20-9-4-2-1-3-5-10-21-35-28-15-11-12-25(22-28)23-32(27-13-7-6-8-14-27)30(34)36-29-24-31-18-16-26(29)17-19-31/h6-8,11-15,20,22,26,29H,1-5,9-10,16-19,21,23-24H2/t29-/m0/s1. The molecule has 3 aliphatic heterocycles. The maximum absolute atomic E-state index is 13.4. The Morgan fingerprint density at radius 1 is 0.944 bits per heavy atom. The van der Waals surface area contributed by atoms with E-state index in [2.05, 4.69) is 4.90 Å². The van der Waals surface area contributed by atoms with Gasteiger partial charge in [0.1, 0.15) is 18.1 Å². The van der Waals surface area contributed by atoms with Gasteiger partial charge in [0.15, 0.2) is 0 Å². The lowest BCUT2D eigenvalue weighted by Gasteiger charge is -2.44. The second-order valence-electron chi connectivity index (χ2n) is 10.1. The van der Waals surface area contributed by atoms with Crippen LogP contribution in [0, 0.1) is 5.92 Å². The third-order valence-electron chi connectivity index (χ3n) is 7.36. The minimum atomic E-state index is -0.278. The van der Waals surface area contributed by atoms with Gasteiger partial charge in [-0.1, -0.05) is 56.0 Å². The quantitative estimate of drug-likeness (QED) is 0.231. The SMILES string of the molecule is O=CCCCCCCCCOc1cccc(CN(C(=O)O[C@H]2CN3CCC2CC3)c2ccccc2)c1. The van der Waals surface area contributed by atoms with Crippen LogP contribution in [0.25, 0.3) is 0 Å². The summed E-state index contributed by atoms with van der Waals surface area (Å²) in [5.41, 5.74) is 1.85. The summed E-state index contributed by atoms with van der Waals surface area (Å²) in [7, 11) is 0. The number of piperidine rings is 3. The number of fused-ring (bicyclic) bond motifs is 3. The molecule has 0 aromatic heterocycles. The molecule has 1 amide bonds. The largest absolute Gasteiger partial charge is 0.494 e. The van der Waals surface area contributed by atoms with Crippen LogP contribution < -0.4 is 9.64 Å². The van der Waals surface area contributed by atoms with Gasteiger partial charge in [0, 0.05) is 18.7 Å². The molecule has 6 nitrogen and oxygen atoms in total. The number of ether oxygens (including phenoxy) is 2. The third-order valence-corrected chi connectivity index (χ3v) is 7.36. The average Bonchev–Trinajstić information content (AvgIpc) is 2.92. The first-order valence-corrected chi connectivity index (χ1v) is 13.6. The van der Waals surface area contributed by atoms with Crippen molar-refractivity contribution in [3.05, 3.63) is 60.2 Å². The maximum atomic E-state index is 13.4. The van der Waals surface area contributed by atoms with Gasteiger partial charge < -0.3 is 14.3 Å². The number of benzene rings is 2. The van der Waals surface area contributed by atoms with E-state index in [1.807, 2.05) is 54.6 Å². The number of aldehydes is 1. The minimum Gasteiger partial charge on any atom is -0.494 e. The van der Waals surface area contributed by atoms with Gasteiger partial charge in [0.2, 0.25) is 0 Å². The molecule has 0 spiro atoms. The zero-order valence-corrected chi connectivity index (χ0v) is 21.4. The van der Waals surface area contributed by atoms with E-state index in [9.17, 15) is 9.59 Å². The lowest BCUT2D eigenvalue weighted by atomic mass is 9.86. The smallest absolute Gasteiger partial charge is 0.414 e. The minimum absolute atomic E-state index is 0.0223. The second kappa shape index (κ2) is 14.0. The molecule has 0 unspecified atom stereocenters. The normalized spacial score (nSPS) is 20.6. The number of nitrogens with zero attached hydrogens (tertiary/aromatic N) is 2. The van der Waals surface area contributed by atoms with E-state index in [-0.39, 0.29) is 12.2 Å². The summed E-state index contributed by atoms with van der Waals surface area (Å²) >= 11 is 0. The van der Waals surface area contributed by atoms with Gasteiger partial charge in [-0.3, -0.25) is 9.80 Å². The van der Waals surface area contributed by atoms with Crippen LogP contribution in [0.15, 0.2) is 54.6 Å². The topological polar surface area (TPSA) is 59.1 Å². The van der Waals surface area contributed by atoms with Crippen molar-refractivity contribution in [3.63, 3.8) is 0 Å². The van der Waals surface area contributed by atoms with E-state index in [0.717, 1.165) is 81.4 Å². The van der Waals surface area contributed by atoms with Crippen LogP contribution in [0.2, 0.25) is 0 Å². The summed E-state index contributed by atoms with van der Waals surface area (Å²) in [5.74, 6) is 1.31. The molecule has 0 aliphatic carbocycles. The fourth-order valence-corrected chi connectivity index (χ4v) is 5.25. The average molecular weight is 493 g/mol. The van der Waals surface area contributed by atoms with E-state index in [1.165, 1.54) is 12.8 Å².